The van der Waals surface area contributed by atoms with Crippen molar-refractivity contribution >= 4 is 24.2 Å². The van der Waals surface area contributed by atoms with Crippen LogP contribution in [0.1, 0.15) is 12.0 Å². The van der Waals surface area contributed by atoms with Crippen LogP contribution in [-0.2, 0) is 0 Å². The molecule has 0 unspecified atom stereocenters. The Morgan fingerprint density at radius 2 is 2.23 bits per heavy atom. The summed E-state index contributed by atoms with van der Waals surface area (Å²) in [6.07, 6.45) is 0.677. The third-order valence-electron chi connectivity index (χ3n) is 1.39. The van der Waals surface area contributed by atoms with Gasteiger partial charge in [-0.3, -0.25) is 0 Å². The van der Waals surface area contributed by atoms with E-state index in [2.05, 4.69) is 24.5 Å². The van der Waals surface area contributed by atoms with E-state index in [9.17, 15) is 4.39 Å². The molecule has 0 nitrogen and oxygen atoms in total. The van der Waals surface area contributed by atoms with Crippen molar-refractivity contribution in [2.45, 2.75) is 6.42 Å². The van der Waals surface area contributed by atoms with Gasteiger partial charge in [0, 0.05) is 17.7 Å². The first-order valence-electron chi connectivity index (χ1n) is 3.79. The molecule has 1 aromatic rings. The van der Waals surface area contributed by atoms with Gasteiger partial charge in [-0.05, 0) is 18.2 Å². The number of halogens is 2. The van der Waals surface area contributed by atoms with Gasteiger partial charge in [-0.1, -0.05) is 23.4 Å². The molecule has 0 aliphatic rings. The van der Waals surface area contributed by atoms with Crippen molar-refractivity contribution in [2.75, 3.05) is 5.75 Å². The second-order valence-corrected chi connectivity index (χ2v) is 3.25. The minimum absolute atomic E-state index is 0.320. The molecule has 0 aromatic heterocycles. The van der Waals surface area contributed by atoms with Gasteiger partial charge in [0.1, 0.15) is 5.82 Å². The largest absolute Gasteiger partial charge is 0.207 e. The van der Waals surface area contributed by atoms with E-state index < -0.39 is 0 Å². The van der Waals surface area contributed by atoms with Gasteiger partial charge in [-0.25, -0.2) is 4.39 Å². The molecule has 0 atom stereocenters. The van der Waals surface area contributed by atoms with E-state index in [0.717, 1.165) is 0 Å². The SMILES string of the molecule is Fc1ccc(Cl)c(C#CCCS)c1. The molecule has 3 heteroatoms. The number of thiol groups is 1. The van der Waals surface area contributed by atoms with Gasteiger partial charge in [0.25, 0.3) is 0 Å². The van der Waals surface area contributed by atoms with Crippen molar-refractivity contribution in [3.8, 4) is 11.8 Å². The Balaban J connectivity index is 2.89. The molecule has 0 spiro atoms. The number of rotatable bonds is 1. The Bertz CT molecular complexity index is 352. The van der Waals surface area contributed by atoms with E-state index in [1.165, 1.54) is 18.2 Å². The van der Waals surface area contributed by atoms with E-state index in [-0.39, 0.29) is 5.82 Å². The smallest absolute Gasteiger partial charge is 0.124 e. The number of benzene rings is 1. The highest BCUT2D eigenvalue weighted by atomic mass is 35.5. The molecular weight excluding hydrogens is 207 g/mol. The molecule has 0 bridgehead atoms. The molecule has 0 N–H and O–H groups in total. The van der Waals surface area contributed by atoms with E-state index in [0.29, 0.717) is 22.8 Å². The second-order valence-electron chi connectivity index (χ2n) is 2.40. The van der Waals surface area contributed by atoms with Crippen LogP contribution in [-0.4, -0.2) is 5.75 Å². The lowest BCUT2D eigenvalue weighted by Gasteiger charge is -1.94. The highest BCUT2D eigenvalue weighted by Crippen LogP contribution is 2.15. The van der Waals surface area contributed by atoms with Crippen molar-refractivity contribution in [3.63, 3.8) is 0 Å². The average molecular weight is 215 g/mol. The van der Waals surface area contributed by atoms with E-state index in [1.807, 2.05) is 0 Å². The maximum absolute atomic E-state index is 12.7. The summed E-state index contributed by atoms with van der Waals surface area (Å²) in [5.74, 6) is 6.00. The second kappa shape index (κ2) is 5.16. The first-order chi connectivity index (χ1) is 6.24. The van der Waals surface area contributed by atoms with Crippen LogP contribution in [0.15, 0.2) is 18.2 Å². The normalized spacial score (nSPS) is 9.15. The summed E-state index contributed by atoms with van der Waals surface area (Å²) < 4.78 is 12.7. The van der Waals surface area contributed by atoms with Gasteiger partial charge in [-0.2, -0.15) is 12.6 Å². The van der Waals surface area contributed by atoms with Crippen LogP contribution in [0.2, 0.25) is 5.02 Å². The van der Waals surface area contributed by atoms with E-state index in [1.54, 1.807) is 0 Å². The lowest BCUT2D eigenvalue weighted by molar-refractivity contribution is 0.627. The minimum Gasteiger partial charge on any atom is -0.207 e. The molecular formula is C10H8ClFS. The predicted octanol–water partition coefficient (Wildman–Crippen LogP) is 3.15. The third kappa shape index (κ3) is 3.30. The van der Waals surface area contributed by atoms with Crippen molar-refractivity contribution in [3.05, 3.63) is 34.6 Å². The summed E-state index contributed by atoms with van der Waals surface area (Å²) in [4.78, 5) is 0. The van der Waals surface area contributed by atoms with Gasteiger partial charge < -0.3 is 0 Å². The van der Waals surface area contributed by atoms with E-state index >= 15 is 0 Å². The van der Waals surface area contributed by atoms with E-state index in [4.69, 9.17) is 11.6 Å². The Labute approximate surface area is 87.5 Å². The Morgan fingerprint density at radius 1 is 1.46 bits per heavy atom. The minimum atomic E-state index is -0.320. The Kier molecular flexibility index (Phi) is 4.14. The number of hydrogen-bond donors (Lipinski definition) is 1. The summed E-state index contributed by atoms with van der Waals surface area (Å²) in [6.45, 7) is 0. The quantitative estimate of drug-likeness (QED) is 0.539. The van der Waals surface area contributed by atoms with Crippen LogP contribution in [0.3, 0.4) is 0 Å². The molecule has 0 fully saturated rings. The van der Waals surface area contributed by atoms with Gasteiger partial charge in [0.15, 0.2) is 0 Å². The molecule has 68 valence electrons. The Morgan fingerprint density at radius 3 is 2.92 bits per heavy atom. The van der Waals surface area contributed by atoms with Crippen LogP contribution in [0, 0.1) is 17.7 Å². The highest BCUT2D eigenvalue weighted by molar-refractivity contribution is 7.80. The summed E-state index contributed by atoms with van der Waals surface area (Å²) in [7, 11) is 0. The monoisotopic (exact) mass is 214 g/mol. The zero-order chi connectivity index (χ0) is 9.68. The van der Waals surface area contributed by atoms with Crippen LogP contribution < -0.4 is 0 Å². The molecule has 1 aromatic carbocycles. The Hall–Kier alpha value is -0.650. The van der Waals surface area contributed by atoms with Gasteiger partial charge in [0.2, 0.25) is 0 Å². The molecule has 0 saturated carbocycles. The van der Waals surface area contributed by atoms with Crippen LogP contribution >= 0.6 is 24.2 Å². The lowest BCUT2D eigenvalue weighted by atomic mass is 10.2. The fourth-order valence-corrected chi connectivity index (χ4v) is 1.08. The van der Waals surface area contributed by atoms with Crippen LogP contribution in [0.5, 0.6) is 0 Å². The van der Waals surface area contributed by atoms with Crippen LogP contribution in [0.25, 0.3) is 0 Å². The molecule has 0 aliphatic heterocycles. The zero-order valence-electron chi connectivity index (χ0n) is 6.85. The van der Waals surface area contributed by atoms with Crippen molar-refractivity contribution < 1.29 is 4.39 Å². The first kappa shape index (κ1) is 10.4. The molecule has 0 amide bonds. The predicted molar refractivity (Wildman–Crippen MR) is 56.8 cm³/mol. The topological polar surface area (TPSA) is 0 Å². The molecule has 0 saturated heterocycles. The van der Waals surface area contributed by atoms with Gasteiger partial charge >= 0.3 is 0 Å². The van der Waals surface area contributed by atoms with Crippen molar-refractivity contribution in [2.24, 2.45) is 0 Å². The van der Waals surface area contributed by atoms with Crippen LogP contribution in [0.4, 0.5) is 4.39 Å². The maximum atomic E-state index is 12.7. The van der Waals surface area contributed by atoms with Crippen molar-refractivity contribution in [1.82, 2.24) is 0 Å². The molecule has 13 heavy (non-hydrogen) atoms. The fraction of sp³-hybridized carbons (Fsp3) is 0.200. The standard InChI is InChI=1S/C10H8ClFS/c11-10-5-4-9(12)7-8(10)3-1-2-6-13/h4-5,7,13H,2,6H2. The van der Waals surface area contributed by atoms with Gasteiger partial charge in [-0.15, -0.1) is 0 Å². The molecule has 0 aliphatic carbocycles. The molecule has 0 radical (unpaired) electrons. The highest BCUT2D eigenvalue weighted by Gasteiger charge is 1.97. The summed E-state index contributed by atoms with van der Waals surface area (Å²) >= 11 is 9.79. The maximum Gasteiger partial charge on any atom is 0.124 e. The van der Waals surface area contributed by atoms with Crippen molar-refractivity contribution in [1.29, 1.82) is 0 Å². The summed E-state index contributed by atoms with van der Waals surface area (Å²) in [6, 6.07) is 4.14. The first-order valence-corrected chi connectivity index (χ1v) is 4.80. The summed E-state index contributed by atoms with van der Waals surface area (Å²) in [5, 5.41) is 0.480. The average Bonchev–Trinajstić information content (AvgIpc) is 2.11. The number of hydrogen-bond acceptors (Lipinski definition) is 1. The molecule has 0 heterocycles. The fourth-order valence-electron chi connectivity index (χ4n) is 0.807. The van der Waals surface area contributed by atoms with Gasteiger partial charge in [0.05, 0.1) is 5.02 Å². The summed E-state index contributed by atoms with van der Waals surface area (Å²) in [5.41, 5.74) is 0.531. The third-order valence-corrected chi connectivity index (χ3v) is 1.94. The molecule has 1 rings (SSSR count). The lowest BCUT2D eigenvalue weighted by Crippen LogP contribution is -1.80. The zero-order valence-corrected chi connectivity index (χ0v) is 8.50.